The van der Waals surface area contributed by atoms with Gasteiger partial charge in [-0.3, -0.25) is 9.20 Å². The Hall–Kier alpha value is -1.81. The van der Waals surface area contributed by atoms with Crippen LogP contribution in [0.4, 0.5) is 0 Å². The van der Waals surface area contributed by atoms with E-state index in [0.29, 0.717) is 11.2 Å². The molecule has 5 heteroatoms. The van der Waals surface area contributed by atoms with E-state index in [1.54, 1.807) is 12.2 Å². The molecule has 1 N–H and O–H groups in total. The molecule has 1 aliphatic rings. The number of nitrogens with zero attached hydrogens (tertiary/aromatic N) is 2. The predicted octanol–water partition coefficient (Wildman–Crippen LogP) is 3.70. The molecule has 1 amide bonds. The third kappa shape index (κ3) is 3.33. The zero-order valence-electron chi connectivity index (χ0n) is 12.6. The van der Waals surface area contributed by atoms with Crippen LogP contribution in [0, 0.1) is 5.92 Å². The Morgan fingerprint density at radius 3 is 2.91 bits per heavy atom. The van der Waals surface area contributed by atoms with Crippen LogP contribution in [0.1, 0.15) is 38.3 Å². The standard InChI is InChI=1S/C17H20ClN3O/c1-12-5-7-13(8-6-12)19-16(22)10-9-14-17(18)20-15-4-2-3-11-21(14)15/h2-4,9-13H,5-8H2,1H3,(H,19,22)/b10-9+. The first kappa shape index (κ1) is 15.1. The average Bonchev–Trinajstić information content (AvgIpc) is 2.83. The summed E-state index contributed by atoms with van der Waals surface area (Å²) in [5.41, 5.74) is 1.50. The van der Waals surface area contributed by atoms with Gasteiger partial charge in [0.2, 0.25) is 5.91 Å². The molecule has 3 rings (SSSR count). The van der Waals surface area contributed by atoms with Crippen molar-refractivity contribution in [3.63, 3.8) is 0 Å². The van der Waals surface area contributed by atoms with Gasteiger partial charge in [-0.2, -0.15) is 0 Å². The molecule has 0 radical (unpaired) electrons. The average molecular weight is 318 g/mol. The van der Waals surface area contributed by atoms with Gasteiger partial charge in [-0.25, -0.2) is 4.98 Å². The van der Waals surface area contributed by atoms with E-state index >= 15 is 0 Å². The number of aromatic nitrogens is 2. The highest BCUT2D eigenvalue weighted by molar-refractivity contribution is 6.31. The second-order valence-electron chi connectivity index (χ2n) is 6.02. The Bertz CT molecular complexity index is 699. The maximum atomic E-state index is 12.1. The number of rotatable bonds is 3. The van der Waals surface area contributed by atoms with E-state index in [1.807, 2.05) is 28.8 Å². The number of halogens is 1. The SMILES string of the molecule is CC1CCC(NC(=O)/C=C/c2c(Cl)nc3ccccn23)CC1. The summed E-state index contributed by atoms with van der Waals surface area (Å²) in [4.78, 5) is 16.3. The quantitative estimate of drug-likeness (QED) is 0.877. The molecule has 0 aliphatic heterocycles. The van der Waals surface area contributed by atoms with E-state index in [2.05, 4.69) is 17.2 Å². The van der Waals surface area contributed by atoms with E-state index in [1.165, 1.54) is 12.8 Å². The fraction of sp³-hybridized carbons (Fsp3) is 0.412. The van der Waals surface area contributed by atoms with Crippen molar-refractivity contribution < 1.29 is 4.79 Å². The van der Waals surface area contributed by atoms with E-state index in [4.69, 9.17) is 11.6 Å². The van der Waals surface area contributed by atoms with E-state index in [0.717, 1.165) is 30.1 Å². The number of carbonyl (C=O) groups is 1. The van der Waals surface area contributed by atoms with Crippen LogP contribution in [-0.4, -0.2) is 21.3 Å². The number of carbonyl (C=O) groups excluding carboxylic acids is 1. The molecular formula is C17H20ClN3O. The second-order valence-corrected chi connectivity index (χ2v) is 6.37. The van der Waals surface area contributed by atoms with Crippen LogP contribution in [0.2, 0.25) is 5.15 Å². The van der Waals surface area contributed by atoms with Crippen molar-refractivity contribution in [2.75, 3.05) is 0 Å². The van der Waals surface area contributed by atoms with Crippen LogP contribution in [0.3, 0.4) is 0 Å². The molecule has 4 nitrogen and oxygen atoms in total. The highest BCUT2D eigenvalue weighted by Crippen LogP contribution is 2.23. The lowest BCUT2D eigenvalue weighted by Crippen LogP contribution is -2.36. The molecule has 1 saturated carbocycles. The molecule has 22 heavy (non-hydrogen) atoms. The van der Waals surface area contributed by atoms with Gasteiger partial charge in [0.05, 0.1) is 5.69 Å². The first-order valence-electron chi connectivity index (χ1n) is 7.74. The Kier molecular flexibility index (Phi) is 4.48. The maximum absolute atomic E-state index is 12.1. The normalized spacial score (nSPS) is 22.3. The minimum atomic E-state index is -0.0681. The molecule has 0 saturated heterocycles. The fourth-order valence-corrected chi connectivity index (χ4v) is 3.18. The summed E-state index contributed by atoms with van der Waals surface area (Å²) >= 11 is 6.14. The number of hydrogen-bond donors (Lipinski definition) is 1. The Labute approximate surface area is 135 Å². The minimum Gasteiger partial charge on any atom is -0.350 e. The molecule has 2 aromatic rings. The lowest BCUT2D eigenvalue weighted by molar-refractivity contribution is -0.117. The topological polar surface area (TPSA) is 46.4 Å². The number of amides is 1. The van der Waals surface area contributed by atoms with Gasteiger partial charge in [0, 0.05) is 18.3 Å². The van der Waals surface area contributed by atoms with Crippen molar-refractivity contribution in [1.82, 2.24) is 14.7 Å². The number of fused-ring (bicyclic) bond motifs is 1. The lowest BCUT2D eigenvalue weighted by atomic mass is 9.87. The molecule has 2 aromatic heterocycles. The highest BCUT2D eigenvalue weighted by Gasteiger charge is 2.18. The zero-order chi connectivity index (χ0) is 15.5. The highest BCUT2D eigenvalue weighted by atomic mass is 35.5. The summed E-state index contributed by atoms with van der Waals surface area (Å²) in [5.74, 6) is 0.710. The van der Waals surface area contributed by atoms with Crippen molar-refractivity contribution >= 4 is 29.2 Å². The third-order valence-corrected chi connectivity index (χ3v) is 4.55. The minimum absolute atomic E-state index is 0.0681. The first-order chi connectivity index (χ1) is 10.6. The molecule has 0 aromatic carbocycles. The fourth-order valence-electron chi connectivity index (χ4n) is 2.94. The lowest BCUT2D eigenvalue weighted by Gasteiger charge is -2.26. The number of hydrogen-bond acceptors (Lipinski definition) is 2. The van der Waals surface area contributed by atoms with E-state index in [-0.39, 0.29) is 5.91 Å². The molecule has 1 aliphatic carbocycles. The van der Waals surface area contributed by atoms with Crippen molar-refractivity contribution in [2.45, 2.75) is 38.6 Å². The number of pyridine rings is 1. The van der Waals surface area contributed by atoms with Crippen molar-refractivity contribution in [1.29, 1.82) is 0 Å². The molecule has 116 valence electrons. The van der Waals surface area contributed by atoms with Gasteiger partial charge in [0.1, 0.15) is 5.65 Å². The summed E-state index contributed by atoms with van der Waals surface area (Å²) in [6.07, 6.45) is 9.66. The molecule has 2 heterocycles. The predicted molar refractivity (Wildman–Crippen MR) is 88.8 cm³/mol. The van der Waals surface area contributed by atoms with Gasteiger partial charge in [-0.15, -0.1) is 0 Å². The number of nitrogens with one attached hydrogen (secondary N) is 1. The Morgan fingerprint density at radius 1 is 1.36 bits per heavy atom. The summed E-state index contributed by atoms with van der Waals surface area (Å²) in [6, 6.07) is 5.99. The summed E-state index contributed by atoms with van der Waals surface area (Å²) in [6.45, 7) is 2.27. The van der Waals surface area contributed by atoms with Gasteiger partial charge in [0.15, 0.2) is 5.15 Å². The van der Waals surface area contributed by atoms with Crippen LogP contribution in [0.15, 0.2) is 30.5 Å². The van der Waals surface area contributed by atoms with Crippen LogP contribution >= 0.6 is 11.6 Å². The summed E-state index contributed by atoms with van der Waals surface area (Å²) < 4.78 is 1.87. The first-order valence-corrected chi connectivity index (χ1v) is 8.12. The van der Waals surface area contributed by atoms with E-state index < -0.39 is 0 Å². The van der Waals surface area contributed by atoms with Gasteiger partial charge >= 0.3 is 0 Å². The number of imidazole rings is 1. The Balaban J connectivity index is 1.67. The summed E-state index contributed by atoms with van der Waals surface area (Å²) in [7, 11) is 0. The maximum Gasteiger partial charge on any atom is 0.244 e. The van der Waals surface area contributed by atoms with Gasteiger partial charge in [-0.1, -0.05) is 24.6 Å². The van der Waals surface area contributed by atoms with Crippen LogP contribution in [-0.2, 0) is 4.79 Å². The molecule has 1 fully saturated rings. The summed E-state index contributed by atoms with van der Waals surface area (Å²) in [5, 5.41) is 3.48. The molecular weight excluding hydrogens is 298 g/mol. The Morgan fingerprint density at radius 2 is 2.14 bits per heavy atom. The molecule has 0 bridgehead atoms. The van der Waals surface area contributed by atoms with Crippen LogP contribution in [0.5, 0.6) is 0 Å². The zero-order valence-corrected chi connectivity index (χ0v) is 13.4. The molecule has 0 atom stereocenters. The smallest absolute Gasteiger partial charge is 0.244 e. The third-order valence-electron chi connectivity index (χ3n) is 4.28. The van der Waals surface area contributed by atoms with Crippen LogP contribution in [0.25, 0.3) is 11.7 Å². The van der Waals surface area contributed by atoms with E-state index in [9.17, 15) is 4.79 Å². The van der Waals surface area contributed by atoms with Gasteiger partial charge < -0.3 is 5.32 Å². The van der Waals surface area contributed by atoms with Crippen molar-refractivity contribution in [3.8, 4) is 0 Å². The van der Waals surface area contributed by atoms with Gasteiger partial charge in [-0.05, 0) is 49.8 Å². The molecule has 0 spiro atoms. The molecule has 0 unspecified atom stereocenters. The van der Waals surface area contributed by atoms with Crippen LogP contribution < -0.4 is 5.32 Å². The monoisotopic (exact) mass is 317 g/mol. The van der Waals surface area contributed by atoms with Crippen molar-refractivity contribution in [2.24, 2.45) is 5.92 Å². The van der Waals surface area contributed by atoms with Gasteiger partial charge in [0.25, 0.3) is 0 Å². The second kappa shape index (κ2) is 6.53. The largest absolute Gasteiger partial charge is 0.350 e. The van der Waals surface area contributed by atoms with Crippen molar-refractivity contribution in [3.05, 3.63) is 41.3 Å².